The molecule has 0 bridgehead atoms. The molecule has 0 amide bonds. The Hall–Kier alpha value is -2.04. The molecule has 4 rings (SSSR count). The van der Waals surface area contributed by atoms with Crippen molar-refractivity contribution in [2.75, 3.05) is 42.7 Å². The van der Waals surface area contributed by atoms with Crippen LogP contribution < -0.4 is 15.1 Å². The predicted molar refractivity (Wildman–Crippen MR) is 88.1 cm³/mol. The molecule has 1 radical (unpaired) electrons. The van der Waals surface area contributed by atoms with Crippen molar-refractivity contribution in [3.8, 4) is 0 Å². The first kappa shape index (κ1) is 13.6. The van der Waals surface area contributed by atoms with Gasteiger partial charge in [-0.25, -0.2) is 5.32 Å². The number of hydrogen-bond donors (Lipinski definition) is 0. The molecule has 2 aromatic rings. The van der Waals surface area contributed by atoms with Gasteiger partial charge in [0, 0.05) is 36.6 Å². The van der Waals surface area contributed by atoms with Gasteiger partial charge >= 0.3 is 0 Å². The Kier molecular flexibility index (Phi) is 3.70. The molecule has 0 aliphatic carbocycles. The van der Waals surface area contributed by atoms with Crippen molar-refractivity contribution in [1.82, 2.24) is 5.32 Å². The highest BCUT2D eigenvalue weighted by atomic mass is 16.5. The van der Waals surface area contributed by atoms with E-state index in [0.717, 1.165) is 32.9 Å². The number of benzene rings is 2. The number of rotatable bonds is 3. The Labute approximate surface area is 131 Å². The average molecular weight is 294 g/mol. The summed E-state index contributed by atoms with van der Waals surface area (Å²) < 4.78 is 5.94. The largest absolute Gasteiger partial charge is 0.356 e. The van der Waals surface area contributed by atoms with Crippen LogP contribution in [-0.2, 0) is 4.74 Å². The Morgan fingerprint density at radius 1 is 0.909 bits per heavy atom. The standard InChI is InChI=1S/C18H20N3O/c1-2-4-15(5-3-1)18-21(12-13-22-18)17-8-6-16(7-9-17)20-11-10-19-14-20/h1-9,18H,10-14H2. The average Bonchev–Trinajstić information content (AvgIpc) is 3.28. The monoisotopic (exact) mass is 294 g/mol. The number of ether oxygens (including phenoxy) is 1. The van der Waals surface area contributed by atoms with E-state index in [1.165, 1.54) is 16.9 Å². The zero-order valence-electron chi connectivity index (χ0n) is 12.6. The summed E-state index contributed by atoms with van der Waals surface area (Å²) in [6.07, 6.45) is 0.0221. The minimum atomic E-state index is 0.0221. The second kappa shape index (κ2) is 5.99. The summed E-state index contributed by atoms with van der Waals surface area (Å²) in [6.45, 7) is 4.49. The van der Waals surface area contributed by atoms with Crippen molar-refractivity contribution in [1.29, 1.82) is 0 Å². The molecule has 113 valence electrons. The van der Waals surface area contributed by atoms with Crippen molar-refractivity contribution >= 4 is 11.4 Å². The summed E-state index contributed by atoms with van der Waals surface area (Å²) in [7, 11) is 0. The SMILES string of the molecule is c1ccc(C2OCCN2c2ccc(N3CC[N]C3)cc2)cc1. The first-order valence-corrected chi connectivity index (χ1v) is 7.83. The maximum atomic E-state index is 5.94. The highest BCUT2D eigenvalue weighted by Gasteiger charge is 2.27. The Bertz CT molecular complexity index is 608. The third kappa shape index (κ3) is 2.56. The lowest BCUT2D eigenvalue weighted by Crippen LogP contribution is -2.23. The molecule has 2 aliphatic heterocycles. The fourth-order valence-electron chi connectivity index (χ4n) is 3.15. The molecule has 2 heterocycles. The van der Waals surface area contributed by atoms with Crippen molar-refractivity contribution in [3.05, 3.63) is 60.2 Å². The zero-order valence-corrected chi connectivity index (χ0v) is 12.6. The minimum absolute atomic E-state index is 0.0221. The maximum absolute atomic E-state index is 5.94. The Balaban J connectivity index is 1.55. The lowest BCUT2D eigenvalue weighted by Gasteiger charge is -2.26. The molecule has 2 saturated heterocycles. The van der Waals surface area contributed by atoms with E-state index in [0.29, 0.717) is 0 Å². The smallest absolute Gasteiger partial charge is 0.156 e. The number of anilines is 2. The summed E-state index contributed by atoms with van der Waals surface area (Å²) in [5.41, 5.74) is 3.68. The van der Waals surface area contributed by atoms with E-state index in [1.807, 2.05) is 6.07 Å². The molecule has 0 saturated carbocycles. The summed E-state index contributed by atoms with van der Waals surface area (Å²) in [5, 5.41) is 4.39. The molecule has 4 heteroatoms. The molecule has 1 atom stereocenters. The van der Waals surface area contributed by atoms with Gasteiger partial charge in [0.25, 0.3) is 0 Å². The van der Waals surface area contributed by atoms with Gasteiger partial charge in [-0.05, 0) is 24.3 Å². The van der Waals surface area contributed by atoms with Gasteiger partial charge in [-0.2, -0.15) is 0 Å². The molecule has 0 aromatic heterocycles. The molecule has 2 fully saturated rings. The summed E-state index contributed by atoms with van der Waals surface area (Å²) in [5.74, 6) is 0. The van der Waals surface area contributed by atoms with Gasteiger partial charge in [0.1, 0.15) is 0 Å². The summed E-state index contributed by atoms with van der Waals surface area (Å²) in [4.78, 5) is 4.63. The molecule has 0 spiro atoms. The topological polar surface area (TPSA) is 29.8 Å². The van der Waals surface area contributed by atoms with Crippen LogP contribution in [0.1, 0.15) is 11.8 Å². The van der Waals surface area contributed by atoms with Gasteiger partial charge in [-0.3, -0.25) is 0 Å². The molecule has 0 N–H and O–H groups in total. The molecule has 22 heavy (non-hydrogen) atoms. The van der Waals surface area contributed by atoms with Crippen LogP contribution in [0.15, 0.2) is 54.6 Å². The van der Waals surface area contributed by atoms with Gasteiger partial charge in [0.2, 0.25) is 0 Å². The fraction of sp³-hybridized carbons (Fsp3) is 0.333. The lowest BCUT2D eigenvalue weighted by atomic mass is 10.1. The lowest BCUT2D eigenvalue weighted by molar-refractivity contribution is 0.114. The quantitative estimate of drug-likeness (QED) is 0.871. The van der Waals surface area contributed by atoms with E-state index < -0.39 is 0 Å². The van der Waals surface area contributed by atoms with E-state index in [2.05, 4.69) is 63.6 Å². The second-order valence-electron chi connectivity index (χ2n) is 5.70. The predicted octanol–water partition coefficient (Wildman–Crippen LogP) is 2.60. The van der Waals surface area contributed by atoms with Crippen LogP contribution in [0.5, 0.6) is 0 Å². The Morgan fingerprint density at radius 2 is 1.68 bits per heavy atom. The van der Waals surface area contributed by atoms with Crippen LogP contribution in [0, 0.1) is 0 Å². The zero-order chi connectivity index (χ0) is 14.8. The van der Waals surface area contributed by atoms with Gasteiger partial charge in [-0.15, -0.1) is 0 Å². The highest BCUT2D eigenvalue weighted by molar-refractivity contribution is 5.57. The van der Waals surface area contributed by atoms with Crippen LogP contribution in [-0.4, -0.2) is 32.9 Å². The van der Waals surface area contributed by atoms with Gasteiger partial charge in [-0.1, -0.05) is 30.3 Å². The Morgan fingerprint density at radius 3 is 2.41 bits per heavy atom. The van der Waals surface area contributed by atoms with E-state index in [1.54, 1.807) is 0 Å². The van der Waals surface area contributed by atoms with E-state index in [9.17, 15) is 0 Å². The van der Waals surface area contributed by atoms with Gasteiger partial charge in [0.05, 0.1) is 13.3 Å². The normalized spacial score (nSPS) is 21.5. The molecule has 4 nitrogen and oxygen atoms in total. The highest BCUT2D eigenvalue weighted by Crippen LogP contribution is 2.33. The van der Waals surface area contributed by atoms with Crippen LogP contribution in [0.25, 0.3) is 0 Å². The van der Waals surface area contributed by atoms with Crippen molar-refractivity contribution in [2.24, 2.45) is 0 Å². The van der Waals surface area contributed by atoms with E-state index in [4.69, 9.17) is 4.74 Å². The number of nitrogens with zero attached hydrogens (tertiary/aromatic N) is 3. The van der Waals surface area contributed by atoms with E-state index >= 15 is 0 Å². The fourth-order valence-corrected chi connectivity index (χ4v) is 3.15. The van der Waals surface area contributed by atoms with Crippen molar-refractivity contribution in [3.63, 3.8) is 0 Å². The number of hydrogen-bond acceptors (Lipinski definition) is 3. The third-order valence-electron chi connectivity index (χ3n) is 4.32. The van der Waals surface area contributed by atoms with Crippen molar-refractivity contribution in [2.45, 2.75) is 6.23 Å². The second-order valence-corrected chi connectivity index (χ2v) is 5.70. The molecule has 2 aliphatic rings. The van der Waals surface area contributed by atoms with Crippen LogP contribution >= 0.6 is 0 Å². The van der Waals surface area contributed by atoms with E-state index in [-0.39, 0.29) is 6.23 Å². The maximum Gasteiger partial charge on any atom is 0.156 e. The van der Waals surface area contributed by atoms with Crippen LogP contribution in [0.2, 0.25) is 0 Å². The van der Waals surface area contributed by atoms with Gasteiger partial charge < -0.3 is 14.5 Å². The van der Waals surface area contributed by atoms with Crippen LogP contribution in [0.3, 0.4) is 0 Å². The molecular weight excluding hydrogens is 274 g/mol. The van der Waals surface area contributed by atoms with Crippen molar-refractivity contribution < 1.29 is 4.74 Å². The summed E-state index contributed by atoms with van der Waals surface area (Å²) in [6, 6.07) is 19.2. The first-order chi connectivity index (χ1) is 10.9. The molecular formula is C18H20N3O. The van der Waals surface area contributed by atoms with Gasteiger partial charge in [0.15, 0.2) is 6.23 Å². The minimum Gasteiger partial charge on any atom is -0.356 e. The third-order valence-corrected chi connectivity index (χ3v) is 4.32. The molecule has 1 unspecified atom stereocenters. The first-order valence-electron chi connectivity index (χ1n) is 7.83. The molecule has 2 aromatic carbocycles. The summed E-state index contributed by atoms with van der Waals surface area (Å²) >= 11 is 0. The van der Waals surface area contributed by atoms with Crippen LogP contribution in [0.4, 0.5) is 11.4 Å².